The molecular formula is C11H17NO2S. The first-order chi connectivity index (χ1) is 6.98. The van der Waals surface area contributed by atoms with Gasteiger partial charge in [-0.1, -0.05) is 13.8 Å². The van der Waals surface area contributed by atoms with Gasteiger partial charge in [-0.25, -0.2) is 4.79 Å². The van der Waals surface area contributed by atoms with Gasteiger partial charge in [-0.05, 0) is 30.5 Å². The number of esters is 1. The van der Waals surface area contributed by atoms with Crippen LogP contribution in [0.5, 0.6) is 0 Å². The molecule has 0 aliphatic rings. The molecule has 4 heteroatoms. The molecule has 1 aromatic rings. The van der Waals surface area contributed by atoms with E-state index in [1.54, 1.807) is 6.07 Å². The van der Waals surface area contributed by atoms with E-state index < -0.39 is 0 Å². The Balaban J connectivity index is 2.73. The maximum Gasteiger partial charge on any atom is 0.348 e. The van der Waals surface area contributed by atoms with Gasteiger partial charge in [0.1, 0.15) is 4.88 Å². The summed E-state index contributed by atoms with van der Waals surface area (Å²) in [6.07, 6.45) is 0.894. The monoisotopic (exact) mass is 227 g/mol. The number of hydrogen-bond donors (Lipinski definition) is 1. The summed E-state index contributed by atoms with van der Waals surface area (Å²) in [6.45, 7) is 4.87. The quantitative estimate of drug-likeness (QED) is 0.801. The zero-order valence-electron chi connectivity index (χ0n) is 9.37. The molecule has 0 saturated heterocycles. The molecule has 0 unspecified atom stereocenters. The Hall–Kier alpha value is -0.870. The van der Waals surface area contributed by atoms with E-state index in [-0.39, 0.29) is 11.4 Å². The van der Waals surface area contributed by atoms with Crippen molar-refractivity contribution >= 4 is 17.3 Å². The summed E-state index contributed by atoms with van der Waals surface area (Å²) in [5.74, 6) is -0.267. The molecular weight excluding hydrogens is 210 g/mol. The van der Waals surface area contributed by atoms with Crippen LogP contribution in [0.4, 0.5) is 0 Å². The molecule has 0 aliphatic carbocycles. The summed E-state index contributed by atoms with van der Waals surface area (Å²) in [4.78, 5) is 13.1. The van der Waals surface area contributed by atoms with Gasteiger partial charge < -0.3 is 10.5 Å². The zero-order valence-corrected chi connectivity index (χ0v) is 10.2. The average Bonchev–Trinajstić information content (AvgIpc) is 2.64. The van der Waals surface area contributed by atoms with Crippen LogP contribution in [0.3, 0.4) is 0 Å². The minimum Gasteiger partial charge on any atom is -0.465 e. The van der Waals surface area contributed by atoms with Crippen molar-refractivity contribution < 1.29 is 9.53 Å². The number of rotatable bonds is 4. The van der Waals surface area contributed by atoms with Gasteiger partial charge in [-0.2, -0.15) is 0 Å². The first-order valence-corrected chi connectivity index (χ1v) is 5.67. The van der Waals surface area contributed by atoms with Gasteiger partial charge in [-0.15, -0.1) is 11.3 Å². The van der Waals surface area contributed by atoms with Crippen molar-refractivity contribution in [2.45, 2.75) is 20.3 Å². The molecule has 0 amide bonds. The molecule has 1 aromatic heterocycles. The summed E-state index contributed by atoms with van der Waals surface area (Å²) < 4.78 is 4.65. The number of carbonyl (C=O) groups is 1. The van der Waals surface area contributed by atoms with Crippen LogP contribution >= 0.6 is 11.3 Å². The van der Waals surface area contributed by atoms with E-state index in [9.17, 15) is 4.79 Å². The van der Waals surface area contributed by atoms with E-state index in [1.165, 1.54) is 23.3 Å². The standard InChI is InChI=1S/C11H17NO2S/c1-11(2,7-12)6-8-4-5-9(15-8)10(13)14-3/h4-5H,6-7,12H2,1-3H3. The van der Waals surface area contributed by atoms with Crippen molar-refractivity contribution in [1.29, 1.82) is 0 Å². The molecule has 15 heavy (non-hydrogen) atoms. The molecule has 0 spiro atoms. The lowest BCUT2D eigenvalue weighted by atomic mass is 9.89. The Labute approximate surface area is 94.2 Å². The Morgan fingerprint density at radius 3 is 2.73 bits per heavy atom. The van der Waals surface area contributed by atoms with Crippen LogP contribution < -0.4 is 5.73 Å². The number of thiophene rings is 1. The molecule has 1 heterocycles. The van der Waals surface area contributed by atoms with Crippen molar-refractivity contribution in [3.05, 3.63) is 21.9 Å². The van der Waals surface area contributed by atoms with Crippen LogP contribution in [-0.2, 0) is 11.2 Å². The molecule has 1 rings (SSSR count). The molecule has 0 bridgehead atoms. The molecule has 0 saturated carbocycles. The third kappa shape index (κ3) is 3.32. The molecule has 0 fully saturated rings. The molecule has 0 radical (unpaired) electrons. The highest BCUT2D eigenvalue weighted by Crippen LogP contribution is 2.26. The van der Waals surface area contributed by atoms with Gasteiger partial charge in [0.2, 0.25) is 0 Å². The van der Waals surface area contributed by atoms with E-state index in [1.807, 2.05) is 6.07 Å². The van der Waals surface area contributed by atoms with Gasteiger partial charge in [0.25, 0.3) is 0 Å². The number of ether oxygens (including phenoxy) is 1. The highest BCUT2D eigenvalue weighted by Gasteiger charge is 2.18. The minimum absolute atomic E-state index is 0.0816. The topological polar surface area (TPSA) is 52.3 Å². The summed E-state index contributed by atoms with van der Waals surface area (Å²) in [5, 5.41) is 0. The molecule has 0 aromatic carbocycles. The third-order valence-electron chi connectivity index (χ3n) is 2.25. The van der Waals surface area contributed by atoms with Gasteiger partial charge in [-0.3, -0.25) is 0 Å². The van der Waals surface area contributed by atoms with Crippen molar-refractivity contribution in [2.75, 3.05) is 13.7 Å². The molecule has 0 atom stereocenters. The van der Waals surface area contributed by atoms with E-state index >= 15 is 0 Å². The Morgan fingerprint density at radius 2 is 2.20 bits per heavy atom. The fourth-order valence-electron chi connectivity index (χ4n) is 1.23. The summed E-state index contributed by atoms with van der Waals surface area (Å²) >= 11 is 1.48. The van der Waals surface area contributed by atoms with Crippen LogP contribution in [0.2, 0.25) is 0 Å². The smallest absolute Gasteiger partial charge is 0.348 e. The van der Waals surface area contributed by atoms with Crippen molar-refractivity contribution in [1.82, 2.24) is 0 Å². The predicted molar refractivity (Wildman–Crippen MR) is 62.2 cm³/mol. The second kappa shape index (κ2) is 4.77. The van der Waals surface area contributed by atoms with E-state index in [0.717, 1.165) is 6.42 Å². The minimum atomic E-state index is -0.267. The fourth-order valence-corrected chi connectivity index (χ4v) is 2.41. The van der Waals surface area contributed by atoms with Crippen molar-refractivity contribution in [3.8, 4) is 0 Å². The second-order valence-electron chi connectivity index (χ2n) is 4.30. The Morgan fingerprint density at radius 1 is 1.53 bits per heavy atom. The van der Waals surface area contributed by atoms with E-state index in [4.69, 9.17) is 5.73 Å². The van der Waals surface area contributed by atoms with Crippen LogP contribution in [0.1, 0.15) is 28.4 Å². The SMILES string of the molecule is COC(=O)c1ccc(CC(C)(C)CN)s1. The molecule has 84 valence electrons. The maximum absolute atomic E-state index is 11.2. The van der Waals surface area contributed by atoms with E-state index in [2.05, 4.69) is 18.6 Å². The number of carbonyl (C=O) groups excluding carboxylic acids is 1. The first kappa shape index (κ1) is 12.2. The summed E-state index contributed by atoms with van der Waals surface area (Å²) in [5.41, 5.74) is 5.74. The first-order valence-electron chi connectivity index (χ1n) is 4.85. The maximum atomic E-state index is 11.2. The molecule has 0 aliphatic heterocycles. The Kier molecular flexibility index (Phi) is 3.88. The van der Waals surface area contributed by atoms with Crippen molar-refractivity contribution in [2.24, 2.45) is 11.1 Å². The highest BCUT2D eigenvalue weighted by molar-refractivity contribution is 7.13. The Bertz CT molecular complexity index is 344. The third-order valence-corrected chi connectivity index (χ3v) is 3.32. The lowest BCUT2D eigenvalue weighted by Crippen LogP contribution is -2.25. The van der Waals surface area contributed by atoms with Gasteiger partial charge >= 0.3 is 5.97 Å². The van der Waals surface area contributed by atoms with Gasteiger partial charge in [0, 0.05) is 4.88 Å². The normalized spacial score (nSPS) is 11.5. The number of nitrogens with two attached hydrogens (primary N) is 1. The van der Waals surface area contributed by atoms with E-state index in [0.29, 0.717) is 11.4 Å². The molecule has 2 N–H and O–H groups in total. The summed E-state index contributed by atoms with van der Waals surface area (Å²) in [6, 6.07) is 3.77. The second-order valence-corrected chi connectivity index (χ2v) is 5.47. The number of methoxy groups -OCH3 is 1. The highest BCUT2D eigenvalue weighted by atomic mass is 32.1. The molecule has 3 nitrogen and oxygen atoms in total. The van der Waals surface area contributed by atoms with Crippen LogP contribution in [0, 0.1) is 5.41 Å². The van der Waals surface area contributed by atoms with Crippen molar-refractivity contribution in [3.63, 3.8) is 0 Å². The van der Waals surface area contributed by atoms with Gasteiger partial charge in [0.05, 0.1) is 7.11 Å². The van der Waals surface area contributed by atoms with Gasteiger partial charge in [0.15, 0.2) is 0 Å². The predicted octanol–water partition coefficient (Wildman–Crippen LogP) is 2.06. The lowest BCUT2D eigenvalue weighted by molar-refractivity contribution is 0.0606. The zero-order chi connectivity index (χ0) is 11.5. The lowest BCUT2D eigenvalue weighted by Gasteiger charge is -2.20. The average molecular weight is 227 g/mol. The number of hydrogen-bond acceptors (Lipinski definition) is 4. The van der Waals surface area contributed by atoms with Crippen LogP contribution in [0.15, 0.2) is 12.1 Å². The summed E-state index contributed by atoms with van der Waals surface area (Å²) in [7, 11) is 1.39. The fraction of sp³-hybridized carbons (Fsp3) is 0.545. The largest absolute Gasteiger partial charge is 0.465 e. The van der Waals surface area contributed by atoms with Crippen LogP contribution in [0.25, 0.3) is 0 Å². The van der Waals surface area contributed by atoms with Crippen LogP contribution in [-0.4, -0.2) is 19.6 Å².